The lowest BCUT2D eigenvalue weighted by atomic mass is 9.94. The fourth-order valence-corrected chi connectivity index (χ4v) is 3.53. The van der Waals surface area contributed by atoms with Crippen molar-refractivity contribution >= 4 is 5.91 Å². The molecule has 1 aliphatic rings. The monoisotopic (exact) mass is 354 g/mol. The Morgan fingerprint density at radius 2 is 2.00 bits per heavy atom. The average molecular weight is 354 g/mol. The Labute approximate surface area is 154 Å². The van der Waals surface area contributed by atoms with E-state index >= 15 is 0 Å². The van der Waals surface area contributed by atoms with E-state index in [0.717, 1.165) is 32.4 Å². The number of piperidine rings is 1. The molecule has 0 saturated carbocycles. The van der Waals surface area contributed by atoms with Gasteiger partial charge in [-0.2, -0.15) is 0 Å². The van der Waals surface area contributed by atoms with Gasteiger partial charge in [0.1, 0.15) is 6.54 Å². The first kappa shape index (κ1) is 18.3. The zero-order valence-corrected chi connectivity index (χ0v) is 15.5. The third-order valence-corrected chi connectivity index (χ3v) is 4.77. The first-order valence-electron chi connectivity index (χ1n) is 9.09. The molecule has 0 N–H and O–H groups in total. The predicted octanol–water partition coefficient (Wildman–Crippen LogP) is 2.06. The summed E-state index contributed by atoms with van der Waals surface area (Å²) in [5.41, 5.74) is 2.04. The second kappa shape index (κ2) is 8.27. The van der Waals surface area contributed by atoms with Crippen LogP contribution >= 0.6 is 0 Å². The van der Waals surface area contributed by atoms with E-state index in [-0.39, 0.29) is 24.2 Å². The fourth-order valence-electron chi connectivity index (χ4n) is 3.53. The maximum Gasteiger partial charge on any atom is 0.347 e. The lowest BCUT2D eigenvalue weighted by Gasteiger charge is -2.36. The van der Waals surface area contributed by atoms with Crippen LogP contribution in [0, 0.1) is 0 Å². The van der Waals surface area contributed by atoms with Crippen molar-refractivity contribution in [2.45, 2.75) is 38.4 Å². The van der Waals surface area contributed by atoms with E-state index in [1.165, 1.54) is 21.9 Å². The van der Waals surface area contributed by atoms with Crippen LogP contribution in [-0.2, 0) is 17.9 Å². The van der Waals surface area contributed by atoms with Crippen LogP contribution < -0.4 is 5.69 Å². The van der Waals surface area contributed by atoms with Gasteiger partial charge in [-0.15, -0.1) is 0 Å². The van der Waals surface area contributed by atoms with Gasteiger partial charge < -0.3 is 9.80 Å². The Kier molecular flexibility index (Phi) is 5.83. The molecule has 1 aromatic heterocycles. The molecule has 2 aromatic rings. The van der Waals surface area contributed by atoms with E-state index in [1.807, 2.05) is 4.90 Å². The molecule has 6 nitrogen and oxygen atoms in total. The molecule has 1 amide bonds. The lowest BCUT2D eigenvalue weighted by Crippen LogP contribution is -2.41. The van der Waals surface area contributed by atoms with Gasteiger partial charge in [0.2, 0.25) is 5.91 Å². The molecule has 0 aliphatic carbocycles. The number of aromatic nitrogens is 2. The topological polar surface area (TPSA) is 58.4 Å². The van der Waals surface area contributed by atoms with E-state index in [1.54, 1.807) is 12.3 Å². The molecule has 1 aliphatic heterocycles. The Balaban J connectivity index is 1.76. The van der Waals surface area contributed by atoms with Crippen molar-refractivity contribution in [3.05, 3.63) is 64.3 Å². The van der Waals surface area contributed by atoms with Crippen molar-refractivity contribution in [1.82, 2.24) is 19.4 Å². The van der Waals surface area contributed by atoms with Crippen LogP contribution in [0.3, 0.4) is 0 Å². The van der Waals surface area contributed by atoms with Gasteiger partial charge in [-0.1, -0.05) is 24.3 Å². The average Bonchev–Trinajstić information content (AvgIpc) is 2.64. The van der Waals surface area contributed by atoms with Crippen molar-refractivity contribution in [3.8, 4) is 0 Å². The van der Waals surface area contributed by atoms with Crippen molar-refractivity contribution < 1.29 is 4.79 Å². The molecule has 1 unspecified atom stereocenters. The molecule has 1 saturated heterocycles. The summed E-state index contributed by atoms with van der Waals surface area (Å²) in [6.45, 7) is 1.68. The molecule has 1 fully saturated rings. The SMILES string of the molecule is CN(C)Cc1ccc(C2CCCCN2C(=O)Cn2cccnc2=O)cc1. The molecule has 0 spiro atoms. The summed E-state index contributed by atoms with van der Waals surface area (Å²) in [6, 6.07) is 10.3. The third-order valence-electron chi connectivity index (χ3n) is 4.77. The molecule has 1 aromatic carbocycles. The highest BCUT2D eigenvalue weighted by molar-refractivity contribution is 5.76. The molecule has 2 heterocycles. The molecule has 1 atom stereocenters. The maximum atomic E-state index is 12.8. The minimum atomic E-state index is -0.387. The van der Waals surface area contributed by atoms with Gasteiger partial charge in [-0.25, -0.2) is 9.78 Å². The number of likely N-dealkylation sites (tertiary alicyclic amines) is 1. The van der Waals surface area contributed by atoms with Gasteiger partial charge in [-0.05, 0) is 50.6 Å². The van der Waals surface area contributed by atoms with E-state index in [9.17, 15) is 9.59 Å². The van der Waals surface area contributed by atoms with E-state index < -0.39 is 0 Å². The molecular weight excluding hydrogens is 328 g/mol. The Hall–Kier alpha value is -2.47. The summed E-state index contributed by atoms with van der Waals surface area (Å²) in [6.07, 6.45) is 6.13. The second-order valence-electron chi connectivity index (χ2n) is 7.11. The minimum Gasteiger partial charge on any atom is -0.334 e. The summed E-state index contributed by atoms with van der Waals surface area (Å²) in [4.78, 5) is 32.4. The highest BCUT2D eigenvalue weighted by Gasteiger charge is 2.28. The Bertz CT molecular complexity index is 798. The van der Waals surface area contributed by atoms with Crippen LogP contribution in [0.25, 0.3) is 0 Å². The van der Waals surface area contributed by atoms with Crippen molar-refractivity contribution in [2.75, 3.05) is 20.6 Å². The summed E-state index contributed by atoms with van der Waals surface area (Å²) in [5, 5.41) is 0. The van der Waals surface area contributed by atoms with Gasteiger partial charge >= 0.3 is 5.69 Å². The number of benzene rings is 1. The van der Waals surface area contributed by atoms with Crippen LogP contribution in [0.15, 0.2) is 47.5 Å². The van der Waals surface area contributed by atoms with Gasteiger partial charge in [-0.3, -0.25) is 9.36 Å². The summed E-state index contributed by atoms with van der Waals surface area (Å²) in [5.74, 6) is -0.0258. The largest absolute Gasteiger partial charge is 0.347 e. The second-order valence-corrected chi connectivity index (χ2v) is 7.11. The highest BCUT2D eigenvalue weighted by atomic mass is 16.2. The number of nitrogens with zero attached hydrogens (tertiary/aromatic N) is 4. The Morgan fingerprint density at radius 1 is 1.23 bits per heavy atom. The first-order chi connectivity index (χ1) is 12.5. The van der Waals surface area contributed by atoms with Crippen LogP contribution in [0.2, 0.25) is 0 Å². The number of hydrogen-bond acceptors (Lipinski definition) is 4. The van der Waals surface area contributed by atoms with Crippen LogP contribution in [0.5, 0.6) is 0 Å². The van der Waals surface area contributed by atoms with Crippen LogP contribution in [-0.4, -0.2) is 45.9 Å². The molecular formula is C20H26N4O2. The highest BCUT2D eigenvalue weighted by Crippen LogP contribution is 2.31. The van der Waals surface area contributed by atoms with E-state index in [2.05, 4.69) is 48.2 Å². The molecule has 26 heavy (non-hydrogen) atoms. The summed E-state index contributed by atoms with van der Waals surface area (Å²) < 4.78 is 1.37. The quantitative estimate of drug-likeness (QED) is 0.825. The molecule has 138 valence electrons. The van der Waals surface area contributed by atoms with Crippen molar-refractivity contribution in [2.24, 2.45) is 0 Å². The standard InChI is InChI=1S/C20H26N4O2/c1-22(2)14-16-7-9-17(10-8-16)18-6-3-4-13-24(18)19(25)15-23-12-5-11-21-20(23)26/h5,7-12,18H,3-4,6,13-15H2,1-2H3. The lowest BCUT2D eigenvalue weighted by molar-refractivity contribution is -0.135. The summed E-state index contributed by atoms with van der Waals surface area (Å²) >= 11 is 0. The van der Waals surface area contributed by atoms with Crippen LogP contribution in [0.4, 0.5) is 0 Å². The molecule has 0 radical (unpaired) electrons. The predicted molar refractivity (Wildman–Crippen MR) is 101 cm³/mol. The van der Waals surface area contributed by atoms with E-state index in [4.69, 9.17) is 0 Å². The Morgan fingerprint density at radius 3 is 2.69 bits per heavy atom. The first-order valence-corrected chi connectivity index (χ1v) is 9.09. The third kappa shape index (κ3) is 4.38. The number of hydrogen-bond donors (Lipinski definition) is 0. The van der Waals surface area contributed by atoms with Gasteiger partial charge in [0.05, 0.1) is 6.04 Å². The number of rotatable bonds is 5. The smallest absolute Gasteiger partial charge is 0.334 e. The maximum absolute atomic E-state index is 12.8. The molecule has 3 rings (SSSR count). The zero-order valence-electron chi connectivity index (χ0n) is 15.5. The number of carbonyl (C=O) groups is 1. The van der Waals surface area contributed by atoms with Gasteiger partial charge in [0.15, 0.2) is 0 Å². The van der Waals surface area contributed by atoms with Crippen molar-refractivity contribution in [1.29, 1.82) is 0 Å². The van der Waals surface area contributed by atoms with Crippen LogP contribution in [0.1, 0.15) is 36.4 Å². The van der Waals surface area contributed by atoms with Gasteiger partial charge in [0.25, 0.3) is 0 Å². The van der Waals surface area contributed by atoms with Crippen molar-refractivity contribution in [3.63, 3.8) is 0 Å². The normalized spacial score (nSPS) is 17.5. The number of carbonyl (C=O) groups excluding carboxylic acids is 1. The molecule has 6 heteroatoms. The molecule has 0 bridgehead atoms. The number of amides is 1. The fraction of sp³-hybridized carbons (Fsp3) is 0.450. The zero-order chi connectivity index (χ0) is 18.5. The van der Waals surface area contributed by atoms with Gasteiger partial charge in [0, 0.05) is 25.5 Å². The summed E-state index contributed by atoms with van der Waals surface area (Å²) in [7, 11) is 4.10. The minimum absolute atomic E-state index is 0.0258. The van der Waals surface area contributed by atoms with E-state index in [0.29, 0.717) is 0 Å².